The molecule has 4 N–H and O–H groups in total. The summed E-state index contributed by atoms with van der Waals surface area (Å²) >= 11 is 3.96. The number of aliphatic hydroxyl groups is 1. The number of hydrogen-bond donors (Lipinski definition) is 4. The summed E-state index contributed by atoms with van der Waals surface area (Å²) in [6, 6.07) is 0. The molecule has 0 heterocycles. The lowest BCUT2D eigenvalue weighted by atomic mass is 10.4. The zero-order valence-electron chi connectivity index (χ0n) is 5.38. The van der Waals surface area contributed by atoms with Crippen LogP contribution in [0, 0.1) is 0 Å². The van der Waals surface area contributed by atoms with Gasteiger partial charge in [-0.2, -0.15) is 12.6 Å². The van der Waals surface area contributed by atoms with Crippen molar-refractivity contribution in [1.82, 2.24) is 5.32 Å². The number of nitrogens with two attached hydrogens (primary N) is 1. The molecular formula is C5H14N2OS. The van der Waals surface area contributed by atoms with Crippen LogP contribution in [0.2, 0.25) is 0 Å². The third-order valence-corrected chi connectivity index (χ3v) is 1.16. The molecule has 0 fully saturated rings. The number of thiol groups is 1. The van der Waals surface area contributed by atoms with Gasteiger partial charge in [0.15, 0.2) is 0 Å². The smallest absolute Gasteiger partial charge is 0.106 e. The summed E-state index contributed by atoms with van der Waals surface area (Å²) in [5.74, 6) is 0.738. The number of hydrogen-bond acceptors (Lipinski definition) is 4. The van der Waals surface area contributed by atoms with Crippen LogP contribution in [-0.2, 0) is 0 Å². The first kappa shape index (κ1) is 9.23. The van der Waals surface area contributed by atoms with Crippen LogP contribution in [0.5, 0.6) is 0 Å². The molecule has 0 rings (SSSR count). The molecule has 0 bridgehead atoms. The van der Waals surface area contributed by atoms with Crippen molar-refractivity contribution in [1.29, 1.82) is 0 Å². The molecule has 0 aliphatic rings. The molecule has 4 heteroatoms. The highest BCUT2D eigenvalue weighted by Gasteiger charge is 1.97. The van der Waals surface area contributed by atoms with E-state index in [1.54, 1.807) is 0 Å². The summed E-state index contributed by atoms with van der Waals surface area (Å²) in [5, 5.41) is 11.8. The number of aliphatic hydroxyl groups excluding tert-OH is 1. The van der Waals surface area contributed by atoms with Crippen molar-refractivity contribution >= 4 is 12.6 Å². The van der Waals surface area contributed by atoms with E-state index in [-0.39, 0.29) is 0 Å². The van der Waals surface area contributed by atoms with Crippen molar-refractivity contribution < 1.29 is 5.11 Å². The van der Waals surface area contributed by atoms with Gasteiger partial charge in [-0.25, -0.2) is 0 Å². The summed E-state index contributed by atoms with van der Waals surface area (Å²) < 4.78 is 0. The Morgan fingerprint density at radius 3 is 2.78 bits per heavy atom. The fourth-order valence-electron chi connectivity index (χ4n) is 0.491. The van der Waals surface area contributed by atoms with Crippen molar-refractivity contribution in [3.8, 4) is 0 Å². The summed E-state index contributed by atoms with van der Waals surface area (Å²) in [4.78, 5) is 0. The predicted molar refractivity (Wildman–Crippen MR) is 41.5 cm³/mol. The lowest BCUT2D eigenvalue weighted by Crippen LogP contribution is -2.32. The van der Waals surface area contributed by atoms with Gasteiger partial charge in [-0.3, -0.25) is 5.32 Å². The molecule has 0 aliphatic carbocycles. The second kappa shape index (κ2) is 6.35. The quantitative estimate of drug-likeness (QED) is 0.306. The Kier molecular flexibility index (Phi) is 6.51. The van der Waals surface area contributed by atoms with Gasteiger partial charge in [0.25, 0.3) is 0 Å². The molecule has 0 saturated carbocycles. The van der Waals surface area contributed by atoms with Gasteiger partial charge in [0, 0.05) is 12.3 Å². The van der Waals surface area contributed by atoms with Gasteiger partial charge in [0.2, 0.25) is 0 Å². The van der Waals surface area contributed by atoms with Crippen molar-refractivity contribution in [3.63, 3.8) is 0 Å². The van der Waals surface area contributed by atoms with E-state index in [2.05, 4.69) is 17.9 Å². The lowest BCUT2D eigenvalue weighted by molar-refractivity contribution is 0.133. The third kappa shape index (κ3) is 6.11. The van der Waals surface area contributed by atoms with Gasteiger partial charge < -0.3 is 10.8 Å². The molecule has 0 radical (unpaired) electrons. The van der Waals surface area contributed by atoms with Crippen LogP contribution in [0.4, 0.5) is 0 Å². The van der Waals surface area contributed by atoms with Crippen LogP contribution in [0.25, 0.3) is 0 Å². The largest absolute Gasteiger partial charge is 0.379 e. The van der Waals surface area contributed by atoms with Crippen molar-refractivity contribution in [3.05, 3.63) is 0 Å². The SMILES string of the molecule is NCC[C@@H](O)NCCS. The lowest BCUT2D eigenvalue weighted by Gasteiger charge is -2.08. The minimum Gasteiger partial charge on any atom is -0.379 e. The fraction of sp³-hybridized carbons (Fsp3) is 1.00. The highest BCUT2D eigenvalue weighted by molar-refractivity contribution is 7.80. The topological polar surface area (TPSA) is 58.3 Å². The highest BCUT2D eigenvalue weighted by Crippen LogP contribution is 1.82. The monoisotopic (exact) mass is 150 g/mol. The molecule has 56 valence electrons. The van der Waals surface area contributed by atoms with E-state index in [0.717, 1.165) is 12.3 Å². The zero-order valence-corrected chi connectivity index (χ0v) is 6.27. The second-order valence-corrected chi connectivity index (χ2v) is 2.22. The Hall–Kier alpha value is 0.230. The van der Waals surface area contributed by atoms with Crippen LogP contribution in [0.1, 0.15) is 6.42 Å². The zero-order chi connectivity index (χ0) is 7.11. The molecule has 0 aromatic heterocycles. The van der Waals surface area contributed by atoms with Crippen molar-refractivity contribution in [2.24, 2.45) is 5.73 Å². The van der Waals surface area contributed by atoms with E-state index in [1.165, 1.54) is 0 Å². The van der Waals surface area contributed by atoms with Crippen LogP contribution >= 0.6 is 12.6 Å². The molecule has 9 heavy (non-hydrogen) atoms. The van der Waals surface area contributed by atoms with Crippen molar-refractivity contribution in [2.45, 2.75) is 12.6 Å². The highest BCUT2D eigenvalue weighted by atomic mass is 32.1. The van der Waals surface area contributed by atoms with E-state index < -0.39 is 6.23 Å². The molecular weight excluding hydrogens is 136 g/mol. The second-order valence-electron chi connectivity index (χ2n) is 1.77. The fourth-order valence-corrected chi connectivity index (χ4v) is 0.620. The van der Waals surface area contributed by atoms with Gasteiger partial charge >= 0.3 is 0 Å². The van der Waals surface area contributed by atoms with Crippen LogP contribution in [0.15, 0.2) is 0 Å². The molecule has 0 aliphatic heterocycles. The summed E-state index contributed by atoms with van der Waals surface area (Å²) in [5.41, 5.74) is 5.18. The van der Waals surface area contributed by atoms with E-state index in [9.17, 15) is 0 Å². The minimum absolute atomic E-state index is 0.456. The molecule has 0 unspecified atom stereocenters. The Labute approximate surface area is 61.0 Å². The molecule has 0 aromatic rings. The average molecular weight is 150 g/mol. The molecule has 0 amide bonds. The van der Waals surface area contributed by atoms with Crippen molar-refractivity contribution in [2.75, 3.05) is 18.8 Å². The van der Waals surface area contributed by atoms with E-state index in [4.69, 9.17) is 10.8 Å². The van der Waals surface area contributed by atoms with Gasteiger partial charge in [0.1, 0.15) is 6.23 Å². The minimum atomic E-state index is -0.456. The van der Waals surface area contributed by atoms with E-state index in [0.29, 0.717) is 13.0 Å². The first-order valence-electron chi connectivity index (χ1n) is 3.03. The Bertz CT molecular complexity index is 62.9. The van der Waals surface area contributed by atoms with Crippen LogP contribution < -0.4 is 11.1 Å². The van der Waals surface area contributed by atoms with Crippen LogP contribution in [-0.4, -0.2) is 30.2 Å². The molecule has 0 spiro atoms. The van der Waals surface area contributed by atoms with Gasteiger partial charge in [0.05, 0.1) is 0 Å². The Morgan fingerprint density at radius 2 is 2.33 bits per heavy atom. The third-order valence-electron chi connectivity index (χ3n) is 0.932. The van der Waals surface area contributed by atoms with E-state index in [1.807, 2.05) is 0 Å². The maximum atomic E-state index is 8.96. The molecule has 0 saturated heterocycles. The normalized spacial score (nSPS) is 13.7. The molecule has 1 atom stereocenters. The Morgan fingerprint density at radius 1 is 1.67 bits per heavy atom. The first-order valence-corrected chi connectivity index (χ1v) is 3.67. The van der Waals surface area contributed by atoms with Gasteiger partial charge in [-0.1, -0.05) is 0 Å². The average Bonchev–Trinajstić information content (AvgIpc) is 1.85. The van der Waals surface area contributed by atoms with Crippen LogP contribution in [0.3, 0.4) is 0 Å². The summed E-state index contributed by atoms with van der Waals surface area (Å²) in [7, 11) is 0. The van der Waals surface area contributed by atoms with Gasteiger partial charge in [-0.15, -0.1) is 0 Å². The molecule has 0 aromatic carbocycles. The summed E-state index contributed by atoms with van der Waals surface area (Å²) in [6.07, 6.45) is 0.149. The number of nitrogens with one attached hydrogen (secondary N) is 1. The van der Waals surface area contributed by atoms with Gasteiger partial charge in [-0.05, 0) is 13.0 Å². The van der Waals surface area contributed by atoms with E-state index >= 15 is 0 Å². The molecule has 3 nitrogen and oxygen atoms in total. The maximum Gasteiger partial charge on any atom is 0.106 e. The summed E-state index contributed by atoms with van der Waals surface area (Å²) in [6.45, 7) is 1.24. The predicted octanol–water partition coefficient (Wildman–Crippen LogP) is -0.827. The Balaban J connectivity index is 2.95. The standard InChI is InChI=1S/C5H14N2OS/c6-2-1-5(8)7-3-4-9/h5,7-9H,1-4,6H2/t5-/m1/s1. The number of rotatable bonds is 5. The maximum absolute atomic E-state index is 8.96. The first-order chi connectivity index (χ1) is 4.31.